The van der Waals surface area contributed by atoms with Crippen molar-refractivity contribution < 1.29 is 12.8 Å². The van der Waals surface area contributed by atoms with Gasteiger partial charge in [-0.2, -0.15) is 0 Å². The number of sulfonamides is 1. The molecular formula is C12H9BrFNO2S. The van der Waals surface area contributed by atoms with Crippen LogP contribution < -0.4 is 4.72 Å². The van der Waals surface area contributed by atoms with Crippen molar-refractivity contribution in [3.63, 3.8) is 0 Å². The average Bonchev–Trinajstić information content (AvgIpc) is 2.32. The van der Waals surface area contributed by atoms with Gasteiger partial charge in [-0.05, 0) is 52.3 Å². The van der Waals surface area contributed by atoms with E-state index in [4.69, 9.17) is 0 Å². The summed E-state index contributed by atoms with van der Waals surface area (Å²) < 4.78 is 39.8. The van der Waals surface area contributed by atoms with Crippen molar-refractivity contribution in [3.05, 3.63) is 58.8 Å². The van der Waals surface area contributed by atoms with E-state index in [-0.39, 0.29) is 4.90 Å². The molecule has 0 fully saturated rings. The Balaban J connectivity index is 2.33. The van der Waals surface area contributed by atoms with Crippen LogP contribution in [0.4, 0.5) is 10.1 Å². The molecule has 6 heteroatoms. The van der Waals surface area contributed by atoms with Crippen LogP contribution in [-0.2, 0) is 10.0 Å². The van der Waals surface area contributed by atoms with E-state index in [9.17, 15) is 12.8 Å². The van der Waals surface area contributed by atoms with E-state index >= 15 is 0 Å². The fraction of sp³-hybridized carbons (Fsp3) is 0. The van der Waals surface area contributed by atoms with Gasteiger partial charge in [0.05, 0.1) is 10.6 Å². The summed E-state index contributed by atoms with van der Waals surface area (Å²) in [7, 11) is -3.70. The third-order valence-corrected chi connectivity index (χ3v) is 4.32. The van der Waals surface area contributed by atoms with Crippen LogP contribution in [0.15, 0.2) is 57.9 Å². The van der Waals surface area contributed by atoms with E-state index < -0.39 is 15.8 Å². The zero-order valence-electron chi connectivity index (χ0n) is 9.10. The molecule has 0 saturated carbocycles. The number of para-hydroxylation sites is 1. The van der Waals surface area contributed by atoms with Gasteiger partial charge in [0.2, 0.25) is 0 Å². The topological polar surface area (TPSA) is 46.2 Å². The van der Waals surface area contributed by atoms with Crippen molar-refractivity contribution in [1.29, 1.82) is 0 Å². The second kappa shape index (κ2) is 5.07. The quantitative estimate of drug-likeness (QED) is 0.938. The number of hydrogen-bond donors (Lipinski definition) is 1. The standard InChI is InChI=1S/C12H9BrFNO2S/c13-11-3-1-2-4-12(11)15-18(16,17)10-7-5-9(14)6-8-10/h1-8,15H. The molecule has 94 valence electrons. The smallest absolute Gasteiger partial charge is 0.261 e. The molecule has 18 heavy (non-hydrogen) atoms. The zero-order chi connectivity index (χ0) is 13.2. The van der Waals surface area contributed by atoms with Gasteiger partial charge >= 0.3 is 0 Å². The largest absolute Gasteiger partial charge is 0.278 e. The molecule has 0 aromatic heterocycles. The molecule has 0 radical (unpaired) electrons. The van der Waals surface area contributed by atoms with Crippen molar-refractivity contribution in [3.8, 4) is 0 Å². The normalized spacial score (nSPS) is 11.2. The second-order valence-electron chi connectivity index (χ2n) is 3.54. The number of rotatable bonds is 3. The van der Waals surface area contributed by atoms with Crippen LogP contribution in [0.25, 0.3) is 0 Å². The van der Waals surface area contributed by atoms with Gasteiger partial charge in [0.1, 0.15) is 5.82 Å². The summed E-state index contributed by atoms with van der Waals surface area (Å²) in [5, 5.41) is 0. The minimum atomic E-state index is -3.70. The molecule has 0 aliphatic carbocycles. The van der Waals surface area contributed by atoms with E-state index in [1.165, 1.54) is 12.1 Å². The molecule has 2 aromatic rings. The van der Waals surface area contributed by atoms with Gasteiger partial charge < -0.3 is 0 Å². The first-order valence-corrected chi connectivity index (χ1v) is 7.29. The van der Waals surface area contributed by atoms with Gasteiger partial charge in [0, 0.05) is 4.47 Å². The number of nitrogens with one attached hydrogen (secondary N) is 1. The summed E-state index contributed by atoms with van der Waals surface area (Å²) >= 11 is 3.25. The van der Waals surface area contributed by atoms with Gasteiger partial charge in [0.25, 0.3) is 10.0 Å². The highest BCUT2D eigenvalue weighted by atomic mass is 79.9. The Kier molecular flexibility index (Phi) is 3.68. The van der Waals surface area contributed by atoms with Crippen LogP contribution >= 0.6 is 15.9 Å². The Morgan fingerprint density at radius 1 is 1.00 bits per heavy atom. The number of hydrogen-bond acceptors (Lipinski definition) is 2. The summed E-state index contributed by atoms with van der Waals surface area (Å²) in [5.74, 6) is -0.477. The van der Waals surface area contributed by atoms with Crippen LogP contribution in [0.1, 0.15) is 0 Å². The third-order valence-electron chi connectivity index (χ3n) is 2.24. The first-order valence-electron chi connectivity index (χ1n) is 5.02. The highest BCUT2D eigenvalue weighted by Gasteiger charge is 2.15. The lowest BCUT2D eigenvalue weighted by atomic mass is 10.3. The highest BCUT2D eigenvalue weighted by Crippen LogP contribution is 2.24. The molecule has 0 aliphatic rings. The Morgan fingerprint density at radius 3 is 2.22 bits per heavy atom. The second-order valence-corrected chi connectivity index (χ2v) is 6.08. The highest BCUT2D eigenvalue weighted by molar-refractivity contribution is 9.10. The summed E-state index contributed by atoms with van der Waals surface area (Å²) in [6.45, 7) is 0. The maximum absolute atomic E-state index is 12.7. The van der Waals surface area contributed by atoms with Crippen LogP contribution in [0.3, 0.4) is 0 Å². The fourth-order valence-corrected chi connectivity index (χ4v) is 2.96. The van der Waals surface area contributed by atoms with Crippen LogP contribution in [0.5, 0.6) is 0 Å². The molecule has 0 bridgehead atoms. The third kappa shape index (κ3) is 2.88. The van der Waals surface area contributed by atoms with Gasteiger partial charge in [0.15, 0.2) is 0 Å². The lowest BCUT2D eigenvalue weighted by molar-refractivity contribution is 0.599. The number of benzene rings is 2. The number of anilines is 1. The van der Waals surface area contributed by atoms with Gasteiger partial charge in [-0.3, -0.25) is 4.72 Å². The first kappa shape index (κ1) is 13.0. The van der Waals surface area contributed by atoms with E-state index in [2.05, 4.69) is 20.7 Å². The van der Waals surface area contributed by atoms with Gasteiger partial charge in [-0.25, -0.2) is 12.8 Å². The molecule has 1 N–H and O–H groups in total. The Morgan fingerprint density at radius 2 is 1.61 bits per heavy atom. The molecule has 0 saturated heterocycles. The van der Waals surface area contributed by atoms with Gasteiger partial charge in [-0.1, -0.05) is 12.1 Å². The molecule has 0 amide bonds. The van der Waals surface area contributed by atoms with Crippen molar-refractivity contribution in [2.24, 2.45) is 0 Å². The first-order chi connectivity index (χ1) is 8.49. The Bertz CT molecular complexity index is 656. The molecule has 2 aromatic carbocycles. The van der Waals surface area contributed by atoms with Crippen molar-refractivity contribution >= 4 is 31.6 Å². The fourth-order valence-electron chi connectivity index (χ4n) is 1.36. The van der Waals surface area contributed by atoms with Gasteiger partial charge in [-0.15, -0.1) is 0 Å². The Hall–Kier alpha value is -1.40. The lowest BCUT2D eigenvalue weighted by Gasteiger charge is -2.09. The van der Waals surface area contributed by atoms with E-state index in [0.717, 1.165) is 12.1 Å². The lowest BCUT2D eigenvalue weighted by Crippen LogP contribution is -2.13. The van der Waals surface area contributed by atoms with Crippen molar-refractivity contribution in [2.75, 3.05) is 4.72 Å². The minimum absolute atomic E-state index is 0.0136. The zero-order valence-corrected chi connectivity index (χ0v) is 11.5. The van der Waals surface area contributed by atoms with Crippen LogP contribution in [0.2, 0.25) is 0 Å². The molecule has 0 atom stereocenters. The molecule has 2 rings (SSSR count). The molecule has 0 spiro atoms. The SMILES string of the molecule is O=S(=O)(Nc1ccccc1Br)c1ccc(F)cc1. The van der Waals surface area contributed by atoms with Crippen molar-refractivity contribution in [2.45, 2.75) is 4.90 Å². The van der Waals surface area contributed by atoms with E-state index in [1.807, 2.05) is 0 Å². The molecule has 0 aliphatic heterocycles. The predicted octanol–water partition coefficient (Wildman–Crippen LogP) is 3.39. The molecule has 0 unspecified atom stereocenters. The van der Waals surface area contributed by atoms with Crippen LogP contribution in [0, 0.1) is 5.82 Å². The average molecular weight is 330 g/mol. The predicted molar refractivity (Wildman–Crippen MR) is 71.4 cm³/mol. The summed E-state index contributed by atoms with van der Waals surface area (Å²) in [5.41, 5.74) is 0.432. The summed E-state index contributed by atoms with van der Waals surface area (Å²) in [4.78, 5) is 0.0136. The molecule has 3 nitrogen and oxygen atoms in total. The van der Waals surface area contributed by atoms with Crippen LogP contribution in [-0.4, -0.2) is 8.42 Å². The molecule has 0 heterocycles. The minimum Gasteiger partial charge on any atom is -0.278 e. The maximum atomic E-state index is 12.7. The van der Waals surface area contributed by atoms with E-state index in [1.54, 1.807) is 24.3 Å². The Labute approximate surface area is 113 Å². The van der Waals surface area contributed by atoms with Crippen molar-refractivity contribution in [1.82, 2.24) is 0 Å². The molecular weight excluding hydrogens is 321 g/mol. The monoisotopic (exact) mass is 329 g/mol. The summed E-state index contributed by atoms with van der Waals surface area (Å²) in [6.07, 6.45) is 0. The number of halogens is 2. The van der Waals surface area contributed by atoms with E-state index in [0.29, 0.717) is 10.2 Å². The summed E-state index contributed by atoms with van der Waals surface area (Å²) in [6, 6.07) is 11.5. The maximum Gasteiger partial charge on any atom is 0.261 e.